The molecule has 140 valence electrons. The van der Waals surface area contributed by atoms with Crippen LogP contribution in [0.5, 0.6) is 0 Å². The van der Waals surface area contributed by atoms with Crippen LogP contribution < -0.4 is 5.32 Å². The summed E-state index contributed by atoms with van der Waals surface area (Å²) in [5, 5.41) is 2.82. The summed E-state index contributed by atoms with van der Waals surface area (Å²) in [6, 6.07) is 6.69. The number of hydrogen-bond acceptors (Lipinski definition) is 6. The van der Waals surface area contributed by atoms with Crippen LogP contribution in [0.4, 0.5) is 5.69 Å². The van der Waals surface area contributed by atoms with E-state index in [1.807, 2.05) is 13.8 Å². The summed E-state index contributed by atoms with van der Waals surface area (Å²) in [7, 11) is 0. The fourth-order valence-corrected chi connectivity index (χ4v) is 3.67. The molecule has 2 amide bonds. The van der Waals surface area contributed by atoms with Crippen molar-refractivity contribution >= 4 is 40.4 Å². The second kappa shape index (κ2) is 9.38. The first-order valence-electron chi connectivity index (χ1n) is 8.60. The van der Waals surface area contributed by atoms with Crippen LogP contribution in [0, 0.1) is 0 Å². The average Bonchev–Trinajstić information content (AvgIpc) is 2.90. The molecular formula is C18H23N3O4S. The third-order valence-electron chi connectivity index (χ3n) is 3.68. The van der Waals surface area contributed by atoms with E-state index in [0.29, 0.717) is 36.1 Å². The first kappa shape index (κ1) is 20.0. The number of rotatable bonds is 7. The lowest BCUT2D eigenvalue weighted by molar-refractivity contribution is -0.129. The van der Waals surface area contributed by atoms with E-state index in [1.54, 1.807) is 36.1 Å². The minimum atomic E-state index is -0.459. The van der Waals surface area contributed by atoms with E-state index in [1.165, 1.54) is 11.8 Å². The number of thioether (sulfide) groups is 1. The van der Waals surface area contributed by atoms with E-state index in [4.69, 9.17) is 4.74 Å². The average molecular weight is 377 g/mol. The van der Waals surface area contributed by atoms with Crippen molar-refractivity contribution in [2.75, 3.05) is 19.7 Å². The van der Waals surface area contributed by atoms with Gasteiger partial charge >= 0.3 is 5.97 Å². The molecule has 1 N–H and O–H groups in total. The lowest BCUT2D eigenvalue weighted by Gasteiger charge is -2.13. The normalized spacial score (nSPS) is 18.3. The van der Waals surface area contributed by atoms with Crippen molar-refractivity contribution in [1.29, 1.82) is 0 Å². The number of carbonyl (C=O) groups excluding carboxylic acids is 3. The highest BCUT2D eigenvalue weighted by Crippen LogP contribution is 2.31. The Kier molecular flexibility index (Phi) is 7.20. The number of nitrogens with zero attached hydrogens (tertiary/aromatic N) is 2. The van der Waals surface area contributed by atoms with E-state index in [0.717, 1.165) is 0 Å². The molecular weight excluding hydrogens is 354 g/mol. The Labute approximate surface area is 157 Å². The zero-order chi connectivity index (χ0) is 19.1. The Morgan fingerprint density at radius 1 is 1.23 bits per heavy atom. The molecule has 0 spiro atoms. The summed E-state index contributed by atoms with van der Waals surface area (Å²) in [6.45, 7) is 6.80. The Morgan fingerprint density at radius 3 is 2.50 bits per heavy atom. The molecule has 0 saturated carbocycles. The van der Waals surface area contributed by atoms with Gasteiger partial charge in [0.05, 0.1) is 17.9 Å². The van der Waals surface area contributed by atoms with Gasteiger partial charge in [-0.05, 0) is 45.0 Å². The number of hydrogen-bond donors (Lipinski definition) is 1. The lowest BCUT2D eigenvalue weighted by Crippen LogP contribution is -2.34. The molecule has 2 rings (SSSR count). The van der Waals surface area contributed by atoms with Gasteiger partial charge in [0, 0.05) is 19.5 Å². The minimum Gasteiger partial charge on any atom is -0.462 e. The molecule has 0 bridgehead atoms. The summed E-state index contributed by atoms with van der Waals surface area (Å²) in [6.07, 6.45) is 0.134. The van der Waals surface area contributed by atoms with Gasteiger partial charge < -0.3 is 10.1 Å². The molecule has 26 heavy (non-hydrogen) atoms. The Balaban J connectivity index is 2.14. The van der Waals surface area contributed by atoms with Crippen LogP contribution in [0.25, 0.3) is 0 Å². The number of nitrogens with one attached hydrogen (secondary N) is 1. The zero-order valence-corrected chi connectivity index (χ0v) is 16.0. The summed E-state index contributed by atoms with van der Waals surface area (Å²) < 4.78 is 4.95. The molecule has 1 aromatic rings. The molecule has 8 heteroatoms. The lowest BCUT2D eigenvalue weighted by atomic mass is 10.2. The Hall–Kier alpha value is -2.35. The topological polar surface area (TPSA) is 88.1 Å². The van der Waals surface area contributed by atoms with Crippen molar-refractivity contribution in [3.8, 4) is 0 Å². The van der Waals surface area contributed by atoms with Gasteiger partial charge in [0.15, 0.2) is 5.17 Å². The second-order valence-corrected chi connectivity index (χ2v) is 6.68. The van der Waals surface area contributed by atoms with Crippen molar-refractivity contribution in [3.05, 3.63) is 29.8 Å². The molecule has 1 atom stereocenters. The SMILES string of the molecule is CCNC(=O)CC1SC(=Nc2ccc(C(=O)OCC)cc2)N(CC)C1=O. The molecule has 0 radical (unpaired) electrons. The smallest absolute Gasteiger partial charge is 0.338 e. The molecule has 1 aromatic carbocycles. The monoisotopic (exact) mass is 377 g/mol. The molecule has 1 aliphatic rings. The van der Waals surface area contributed by atoms with E-state index >= 15 is 0 Å². The van der Waals surface area contributed by atoms with Crippen LogP contribution in [0.2, 0.25) is 0 Å². The van der Waals surface area contributed by atoms with E-state index < -0.39 is 5.25 Å². The van der Waals surface area contributed by atoms with Crippen molar-refractivity contribution in [3.63, 3.8) is 0 Å². The third-order valence-corrected chi connectivity index (χ3v) is 4.86. The molecule has 0 aliphatic carbocycles. The number of aliphatic imine (C=N–C) groups is 1. The Bertz CT molecular complexity index is 703. The van der Waals surface area contributed by atoms with Gasteiger partial charge in [-0.15, -0.1) is 0 Å². The molecule has 1 aliphatic heterocycles. The molecule has 0 aromatic heterocycles. The first-order valence-corrected chi connectivity index (χ1v) is 9.48. The summed E-state index contributed by atoms with van der Waals surface area (Å²) >= 11 is 1.29. The molecule has 1 saturated heterocycles. The maximum Gasteiger partial charge on any atom is 0.338 e. The fraction of sp³-hybridized carbons (Fsp3) is 0.444. The van der Waals surface area contributed by atoms with Gasteiger partial charge in [-0.2, -0.15) is 0 Å². The maximum absolute atomic E-state index is 12.5. The van der Waals surface area contributed by atoms with Crippen molar-refractivity contribution in [2.24, 2.45) is 4.99 Å². The predicted molar refractivity (Wildman–Crippen MR) is 102 cm³/mol. The minimum absolute atomic E-state index is 0.106. The molecule has 1 unspecified atom stereocenters. The molecule has 1 heterocycles. The van der Waals surface area contributed by atoms with Crippen LogP contribution in [-0.4, -0.2) is 52.8 Å². The fourth-order valence-electron chi connectivity index (χ4n) is 2.45. The summed E-state index contributed by atoms with van der Waals surface area (Å²) in [5.74, 6) is -0.630. The highest BCUT2D eigenvalue weighted by atomic mass is 32.2. The van der Waals surface area contributed by atoms with Gasteiger partial charge in [-0.25, -0.2) is 9.79 Å². The zero-order valence-electron chi connectivity index (χ0n) is 15.2. The van der Waals surface area contributed by atoms with Gasteiger partial charge in [0.25, 0.3) is 0 Å². The van der Waals surface area contributed by atoms with E-state index in [9.17, 15) is 14.4 Å². The second-order valence-electron chi connectivity index (χ2n) is 5.51. The largest absolute Gasteiger partial charge is 0.462 e. The number of carbonyl (C=O) groups is 3. The molecule has 7 nitrogen and oxygen atoms in total. The quantitative estimate of drug-likeness (QED) is 0.737. The van der Waals surface area contributed by atoms with Crippen LogP contribution >= 0.6 is 11.8 Å². The van der Waals surface area contributed by atoms with Crippen LogP contribution in [-0.2, 0) is 14.3 Å². The van der Waals surface area contributed by atoms with Crippen LogP contribution in [0.15, 0.2) is 29.3 Å². The first-order chi connectivity index (χ1) is 12.5. The van der Waals surface area contributed by atoms with Crippen molar-refractivity contribution < 1.29 is 19.1 Å². The number of ether oxygens (including phenoxy) is 1. The van der Waals surface area contributed by atoms with Gasteiger partial charge in [0.1, 0.15) is 5.25 Å². The summed E-state index contributed by atoms with van der Waals surface area (Å²) in [4.78, 5) is 42.0. The van der Waals surface area contributed by atoms with Gasteiger partial charge in [-0.3, -0.25) is 14.5 Å². The van der Waals surface area contributed by atoms with Crippen LogP contribution in [0.1, 0.15) is 37.6 Å². The number of amidine groups is 1. The third kappa shape index (κ3) is 4.85. The van der Waals surface area contributed by atoms with Crippen molar-refractivity contribution in [1.82, 2.24) is 10.2 Å². The molecule has 1 fully saturated rings. The van der Waals surface area contributed by atoms with Crippen molar-refractivity contribution in [2.45, 2.75) is 32.4 Å². The van der Waals surface area contributed by atoms with Gasteiger partial charge in [-0.1, -0.05) is 11.8 Å². The predicted octanol–water partition coefficient (Wildman–Crippen LogP) is 2.34. The maximum atomic E-state index is 12.5. The van der Waals surface area contributed by atoms with Gasteiger partial charge in [0.2, 0.25) is 11.8 Å². The summed E-state index contributed by atoms with van der Waals surface area (Å²) in [5.41, 5.74) is 1.08. The number of amides is 2. The highest BCUT2D eigenvalue weighted by molar-refractivity contribution is 8.15. The van der Waals surface area contributed by atoms with Crippen LogP contribution in [0.3, 0.4) is 0 Å². The van der Waals surface area contributed by atoms with E-state index in [2.05, 4.69) is 10.3 Å². The standard InChI is InChI=1S/C18H23N3O4S/c1-4-19-15(22)11-14-16(23)21(5-2)18(26-14)20-13-9-7-12(8-10-13)17(24)25-6-3/h7-10,14H,4-6,11H2,1-3H3,(H,19,22). The van der Waals surface area contributed by atoms with E-state index in [-0.39, 0.29) is 24.2 Å². The number of benzene rings is 1. The highest BCUT2D eigenvalue weighted by Gasteiger charge is 2.38. The Morgan fingerprint density at radius 2 is 1.92 bits per heavy atom. The number of esters is 1.